The maximum atomic E-state index is 12.6. The first-order valence-electron chi connectivity index (χ1n) is 13.5. The Labute approximate surface area is 252 Å². The fourth-order valence-corrected chi connectivity index (χ4v) is 5.64. The molecule has 4 aromatic rings. The number of thioether (sulfide) groups is 1. The maximum absolute atomic E-state index is 12.6. The zero-order valence-corrected chi connectivity index (χ0v) is 24.8. The van der Waals surface area contributed by atoms with Gasteiger partial charge in [-0.05, 0) is 64.3 Å². The van der Waals surface area contributed by atoms with Crippen molar-refractivity contribution in [2.45, 2.75) is 39.0 Å². The molecule has 0 saturated carbocycles. The van der Waals surface area contributed by atoms with Crippen LogP contribution < -0.4 is 10.2 Å². The van der Waals surface area contributed by atoms with Crippen molar-refractivity contribution in [3.05, 3.63) is 95.3 Å². The Bertz CT molecular complexity index is 1550. The molecule has 0 atom stereocenters. The molecule has 0 unspecified atom stereocenters. The number of nitrogens with zero attached hydrogens (tertiary/aromatic N) is 4. The van der Waals surface area contributed by atoms with Crippen molar-refractivity contribution in [2.24, 2.45) is 11.0 Å². The van der Waals surface area contributed by atoms with Gasteiger partial charge in [0.1, 0.15) is 16.6 Å². The maximum Gasteiger partial charge on any atom is 0.573 e. The Morgan fingerprint density at radius 2 is 1.81 bits per heavy atom. The van der Waals surface area contributed by atoms with Crippen LogP contribution in [0.5, 0.6) is 5.75 Å². The Hall–Kier alpha value is -3.70. The molecule has 42 heavy (non-hydrogen) atoms. The first-order valence-corrected chi connectivity index (χ1v) is 15.1. The van der Waals surface area contributed by atoms with Crippen LogP contribution in [0.3, 0.4) is 0 Å². The minimum absolute atomic E-state index is 0.281. The molecule has 5 rings (SSSR count). The van der Waals surface area contributed by atoms with Crippen LogP contribution in [0.15, 0.2) is 77.9 Å². The number of benzene rings is 3. The van der Waals surface area contributed by atoms with Gasteiger partial charge in [0, 0.05) is 18.4 Å². The van der Waals surface area contributed by atoms with Crippen molar-refractivity contribution in [2.75, 3.05) is 11.5 Å². The molecule has 1 fully saturated rings. The number of ether oxygens (including phenoxy) is 1. The topological polar surface area (TPSA) is 64.3 Å². The monoisotopic (exact) mass is 609 g/mol. The highest BCUT2D eigenvalue weighted by atomic mass is 32.2. The second-order valence-corrected chi connectivity index (χ2v) is 11.9. The van der Waals surface area contributed by atoms with Crippen molar-refractivity contribution in [3.63, 3.8) is 0 Å². The smallest absolute Gasteiger partial charge is 0.406 e. The third-order valence-electron chi connectivity index (χ3n) is 6.77. The zero-order valence-electron chi connectivity index (χ0n) is 23.1. The quantitative estimate of drug-likeness (QED) is 0.115. The van der Waals surface area contributed by atoms with Crippen LogP contribution >= 0.6 is 24.0 Å². The van der Waals surface area contributed by atoms with Crippen LogP contribution in [-0.2, 0) is 12.8 Å². The molecule has 218 valence electrons. The lowest BCUT2D eigenvalue weighted by Gasteiger charge is -2.24. The average molecular weight is 610 g/mol. The third kappa shape index (κ3) is 7.77. The molecule has 0 bridgehead atoms. The van der Waals surface area contributed by atoms with Crippen LogP contribution in [0.25, 0.3) is 17.1 Å². The minimum atomic E-state index is -4.74. The van der Waals surface area contributed by atoms with Gasteiger partial charge in [0.25, 0.3) is 0 Å². The summed E-state index contributed by atoms with van der Waals surface area (Å²) in [7, 11) is 0. The summed E-state index contributed by atoms with van der Waals surface area (Å²) in [5, 5.41) is 9.03. The van der Waals surface area contributed by atoms with E-state index in [1.54, 1.807) is 23.0 Å². The molecule has 1 N–H and O–H groups in total. The number of hydrogen-bond donors (Lipinski definition) is 1. The highest BCUT2D eigenvalue weighted by Crippen LogP contribution is 2.30. The van der Waals surface area contributed by atoms with E-state index in [0.29, 0.717) is 34.8 Å². The van der Waals surface area contributed by atoms with Crippen LogP contribution in [0.1, 0.15) is 42.3 Å². The van der Waals surface area contributed by atoms with Crippen molar-refractivity contribution >= 4 is 35.2 Å². The van der Waals surface area contributed by atoms with Gasteiger partial charge in [-0.3, -0.25) is 5.43 Å². The third-order valence-corrected chi connectivity index (χ3v) is 8.42. The van der Waals surface area contributed by atoms with Gasteiger partial charge in [-0.25, -0.2) is 9.67 Å². The molecule has 1 saturated heterocycles. The lowest BCUT2D eigenvalue weighted by Crippen LogP contribution is -2.22. The largest absolute Gasteiger partial charge is 0.573 e. The second-order valence-electron chi connectivity index (χ2n) is 10.4. The first-order chi connectivity index (χ1) is 20.1. The number of hydrogen-bond acceptors (Lipinski definition) is 6. The van der Waals surface area contributed by atoms with E-state index >= 15 is 0 Å². The Morgan fingerprint density at radius 3 is 2.45 bits per heavy atom. The molecule has 1 aliphatic heterocycles. The van der Waals surface area contributed by atoms with Gasteiger partial charge in [-0.15, -0.1) is 18.3 Å². The molecule has 1 aromatic heterocycles. The van der Waals surface area contributed by atoms with E-state index in [9.17, 15) is 13.2 Å². The summed E-state index contributed by atoms with van der Waals surface area (Å²) in [4.78, 5) is 5.44. The first kappa shape index (κ1) is 29.8. The summed E-state index contributed by atoms with van der Waals surface area (Å²) in [6.07, 6.45) is -1.68. The second kappa shape index (κ2) is 13.1. The lowest BCUT2D eigenvalue weighted by molar-refractivity contribution is -0.274. The van der Waals surface area contributed by atoms with E-state index in [1.807, 2.05) is 48.2 Å². The van der Waals surface area contributed by atoms with Gasteiger partial charge < -0.3 is 4.74 Å². The summed E-state index contributed by atoms with van der Waals surface area (Å²) in [5.74, 6) is 4.04. The molecule has 11 heteroatoms. The van der Waals surface area contributed by atoms with E-state index in [1.165, 1.54) is 23.3 Å². The molecule has 6 nitrogen and oxygen atoms in total. The van der Waals surface area contributed by atoms with Crippen molar-refractivity contribution < 1.29 is 17.9 Å². The van der Waals surface area contributed by atoms with Crippen LogP contribution in [0.2, 0.25) is 0 Å². The minimum Gasteiger partial charge on any atom is -0.406 e. The lowest BCUT2D eigenvalue weighted by atomic mass is 9.95. The standard InChI is InChI=1S/C31H30F3N5OS2/c1-20(2)27-6-4-3-5-24(27)16-29(41)37-35-17-21-7-9-23(10-8-21)30-36-28(15-22-18-42-19-22)39(38-30)25-11-13-26(14-12-25)40-31(32,33)34/h3-14,17,20,22H,15-16,18-19H2,1-2H3,(H,37,41). The van der Waals surface area contributed by atoms with Gasteiger partial charge in [0.15, 0.2) is 5.82 Å². The molecular weight excluding hydrogens is 580 g/mol. The molecular formula is C31H30F3N5OS2. The van der Waals surface area contributed by atoms with E-state index in [2.05, 4.69) is 41.2 Å². The van der Waals surface area contributed by atoms with Crippen LogP contribution in [0.4, 0.5) is 13.2 Å². The normalized spacial score (nSPS) is 13.9. The number of aromatic nitrogens is 3. The van der Waals surface area contributed by atoms with Crippen molar-refractivity contribution in [1.29, 1.82) is 0 Å². The molecule has 0 spiro atoms. The summed E-state index contributed by atoms with van der Waals surface area (Å²) >= 11 is 7.39. The number of halogens is 3. The summed E-state index contributed by atoms with van der Waals surface area (Å²) in [6, 6.07) is 21.6. The SMILES string of the molecule is CC(C)c1ccccc1CC(=S)NN=Cc1ccc(-c2nc(CC3CSC3)n(-c3ccc(OC(F)(F)F)cc3)n2)cc1. The summed E-state index contributed by atoms with van der Waals surface area (Å²) in [6.45, 7) is 4.33. The molecule has 2 heterocycles. The molecule has 0 amide bonds. The van der Waals surface area contributed by atoms with E-state index < -0.39 is 6.36 Å². The summed E-state index contributed by atoms with van der Waals surface area (Å²) in [5.41, 5.74) is 7.75. The summed E-state index contributed by atoms with van der Waals surface area (Å²) < 4.78 is 43.5. The van der Waals surface area contributed by atoms with Gasteiger partial charge in [0.2, 0.25) is 0 Å². The van der Waals surface area contributed by atoms with Crippen molar-refractivity contribution in [1.82, 2.24) is 20.2 Å². The highest BCUT2D eigenvalue weighted by molar-refractivity contribution is 8.00. The van der Waals surface area contributed by atoms with Gasteiger partial charge >= 0.3 is 6.36 Å². The predicted octanol–water partition coefficient (Wildman–Crippen LogP) is 7.36. The Kier molecular flexibility index (Phi) is 9.27. The predicted molar refractivity (Wildman–Crippen MR) is 166 cm³/mol. The number of rotatable bonds is 10. The number of hydrazone groups is 1. The average Bonchev–Trinajstić information content (AvgIpc) is 3.35. The highest BCUT2D eigenvalue weighted by Gasteiger charge is 2.31. The van der Waals surface area contributed by atoms with E-state index in [4.69, 9.17) is 22.3 Å². The van der Waals surface area contributed by atoms with Gasteiger partial charge in [0.05, 0.1) is 11.9 Å². The van der Waals surface area contributed by atoms with E-state index in [-0.39, 0.29) is 5.75 Å². The molecule has 1 aliphatic rings. The molecule has 0 radical (unpaired) electrons. The van der Waals surface area contributed by atoms with Gasteiger partial charge in [-0.2, -0.15) is 16.9 Å². The Balaban J connectivity index is 1.27. The fraction of sp³-hybridized carbons (Fsp3) is 0.290. The Morgan fingerprint density at radius 1 is 1.10 bits per heavy atom. The molecule has 3 aromatic carbocycles. The van der Waals surface area contributed by atoms with E-state index in [0.717, 1.165) is 34.9 Å². The number of thiocarbonyl (C=S) groups is 1. The van der Waals surface area contributed by atoms with Crippen LogP contribution in [0, 0.1) is 5.92 Å². The van der Waals surface area contributed by atoms with Crippen LogP contribution in [-0.4, -0.2) is 43.8 Å². The molecule has 0 aliphatic carbocycles. The van der Waals surface area contributed by atoms with Crippen molar-refractivity contribution in [3.8, 4) is 22.8 Å². The zero-order chi connectivity index (χ0) is 29.7. The number of alkyl halides is 3. The number of nitrogens with one attached hydrogen (secondary N) is 1. The van der Waals surface area contributed by atoms with Gasteiger partial charge in [-0.1, -0.05) is 74.6 Å². The fourth-order valence-electron chi connectivity index (χ4n) is 4.62.